The number of nitrogens with one attached hydrogen (secondary N) is 1. The maximum absolute atomic E-state index is 11.9. The van der Waals surface area contributed by atoms with Gasteiger partial charge in [0.15, 0.2) is 0 Å². The summed E-state index contributed by atoms with van der Waals surface area (Å²) in [6, 6.07) is 17.4. The molecule has 1 saturated carbocycles. The first-order chi connectivity index (χ1) is 14.4. The molecule has 1 aromatic heterocycles. The van der Waals surface area contributed by atoms with Crippen LogP contribution in [0.1, 0.15) is 23.2 Å². The fourth-order valence-electron chi connectivity index (χ4n) is 4.02. The number of benzene rings is 2. The number of amides is 2. The average Bonchev–Trinajstić information content (AvgIpc) is 3.48. The van der Waals surface area contributed by atoms with E-state index in [0.717, 1.165) is 27.7 Å². The van der Waals surface area contributed by atoms with Crippen LogP contribution in [0.5, 0.6) is 5.75 Å². The van der Waals surface area contributed by atoms with Crippen molar-refractivity contribution in [3.05, 3.63) is 71.4 Å². The van der Waals surface area contributed by atoms with Crippen LogP contribution in [0.25, 0.3) is 10.9 Å². The summed E-state index contributed by atoms with van der Waals surface area (Å²) in [5.74, 6) is -1.00. The van der Waals surface area contributed by atoms with E-state index in [4.69, 9.17) is 15.7 Å². The molecule has 0 aliphatic heterocycles. The number of rotatable bonds is 7. The summed E-state index contributed by atoms with van der Waals surface area (Å²) in [6.07, 6.45) is 0.677. The Morgan fingerprint density at radius 2 is 1.97 bits per heavy atom. The van der Waals surface area contributed by atoms with E-state index >= 15 is 0 Å². The number of carbonyl (C=O) groups is 2. The Morgan fingerprint density at radius 3 is 2.67 bits per heavy atom. The molecule has 3 aromatic rings. The van der Waals surface area contributed by atoms with E-state index in [9.17, 15) is 9.59 Å². The normalized spacial score (nSPS) is 20.0. The van der Waals surface area contributed by atoms with Crippen LogP contribution in [-0.4, -0.2) is 22.0 Å². The fraction of sp³-hybridized carbons (Fsp3) is 0.261. The third-order valence-electron chi connectivity index (χ3n) is 5.76. The summed E-state index contributed by atoms with van der Waals surface area (Å²) in [4.78, 5) is 28.1. The average molecular weight is 405 g/mol. The third-order valence-corrected chi connectivity index (χ3v) is 5.76. The molecule has 1 fully saturated rings. The highest BCUT2D eigenvalue weighted by molar-refractivity contribution is 5.95. The summed E-state index contributed by atoms with van der Waals surface area (Å²) in [5.41, 5.74) is 10.0. The van der Waals surface area contributed by atoms with E-state index in [0.29, 0.717) is 25.2 Å². The molecule has 0 saturated heterocycles. The summed E-state index contributed by atoms with van der Waals surface area (Å²) < 4.78 is 5.96. The van der Waals surface area contributed by atoms with Crippen LogP contribution in [0.2, 0.25) is 0 Å². The summed E-state index contributed by atoms with van der Waals surface area (Å²) >= 11 is 0. The minimum absolute atomic E-state index is 0.335. The number of hydrogen-bond donors (Lipinski definition) is 3. The van der Waals surface area contributed by atoms with Gasteiger partial charge < -0.3 is 10.5 Å². The number of nitrogens with two attached hydrogens (primary N) is 1. The van der Waals surface area contributed by atoms with Crippen LogP contribution in [0.4, 0.5) is 0 Å². The van der Waals surface area contributed by atoms with Crippen LogP contribution < -0.4 is 16.0 Å². The van der Waals surface area contributed by atoms with Crippen molar-refractivity contribution in [3.8, 4) is 5.75 Å². The number of carbonyl (C=O) groups excluding carboxylic acids is 2. The monoisotopic (exact) mass is 405 g/mol. The number of primary amides is 1. The van der Waals surface area contributed by atoms with E-state index in [1.807, 2.05) is 61.5 Å². The molecule has 30 heavy (non-hydrogen) atoms. The van der Waals surface area contributed by atoms with Gasteiger partial charge in [-0.05, 0) is 49.6 Å². The number of aromatic nitrogens is 1. The van der Waals surface area contributed by atoms with Gasteiger partial charge in [0.05, 0.1) is 16.8 Å². The lowest BCUT2D eigenvalue weighted by atomic mass is 9.93. The first-order valence-corrected chi connectivity index (χ1v) is 9.74. The summed E-state index contributed by atoms with van der Waals surface area (Å²) in [7, 11) is 0. The Kier molecular flexibility index (Phi) is 5.13. The number of hydroxylamine groups is 1. The van der Waals surface area contributed by atoms with Gasteiger partial charge >= 0.3 is 0 Å². The molecule has 0 radical (unpaired) electrons. The molecule has 0 bridgehead atoms. The van der Waals surface area contributed by atoms with Gasteiger partial charge in [-0.1, -0.05) is 30.3 Å². The molecule has 2 amide bonds. The molecular weight excluding hydrogens is 382 g/mol. The SMILES string of the molecule is Cc1cc(COc2ccc(C[C@@]3(C(N)=O)C[C@H]3C(=O)NO)cc2)c2ccccc2n1. The van der Waals surface area contributed by atoms with Crippen molar-refractivity contribution in [2.75, 3.05) is 0 Å². The number of pyridine rings is 1. The largest absolute Gasteiger partial charge is 0.489 e. The number of fused-ring (bicyclic) bond motifs is 1. The van der Waals surface area contributed by atoms with Crippen LogP contribution in [0, 0.1) is 18.3 Å². The third kappa shape index (κ3) is 3.71. The minimum Gasteiger partial charge on any atom is -0.489 e. The first-order valence-electron chi connectivity index (χ1n) is 9.74. The molecule has 1 aliphatic rings. The molecule has 4 N–H and O–H groups in total. The Bertz CT molecular complexity index is 1110. The molecule has 7 heteroatoms. The first kappa shape index (κ1) is 19.8. The maximum atomic E-state index is 11.9. The van der Waals surface area contributed by atoms with Crippen LogP contribution in [0.15, 0.2) is 54.6 Å². The van der Waals surface area contributed by atoms with Crippen molar-refractivity contribution < 1.29 is 19.5 Å². The number of aryl methyl sites for hydroxylation is 1. The molecule has 0 spiro atoms. The van der Waals surface area contributed by atoms with Crippen LogP contribution >= 0.6 is 0 Å². The van der Waals surface area contributed by atoms with E-state index in [1.165, 1.54) is 0 Å². The molecule has 2 aromatic carbocycles. The Balaban J connectivity index is 1.45. The van der Waals surface area contributed by atoms with Crippen molar-refractivity contribution in [2.24, 2.45) is 17.1 Å². The summed E-state index contributed by atoms with van der Waals surface area (Å²) in [6.45, 7) is 2.37. The molecule has 2 atom stereocenters. The van der Waals surface area contributed by atoms with Gasteiger partial charge in [-0.2, -0.15) is 0 Å². The second-order valence-electron chi connectivity index (χ2n) is 7.80. The molecule has 154 valence electrons. The van der Waals surface area contributed by atoms with Gasteiger partial charge in [0.25, 0.3) is 0 Å². The zero-order valence-corrected chi connectivity index (χ0v) is 16.6. The lowest BCUT2D eigenvalue weighted by Crippen LogP contribution is -2.33. The van der Waals surface area contributed by atoms with Gasteiger partial charge in [0.2, 0.25) is 11.8 Å². The van der Waals surface area contributed by atoms with E-state index < -0.39 is 23.1 Å². The number of para-hydroxylation sites is 1. The zero-order chi connectivity index (χ0) is 21.3. The second kappa shape index (κ2) is 7.76. The highest BCUT2D eigenvalue weighted by Gasteiger charge is 2.62. The van der Waals surface area contributed by atoms with Crippen molar-refractivity contribution in [3.63, 3.8) is 0 Å². The molecular formula is C23H23N3O4. The molecule has 1 aliphatic carbocycles. The number of nitrogens with zero attached hydrogens (tertiary/aromatic N) is 1. The van der Waals surface area contributed by atoms with Crippen molar-refractivity contribution in [1.29, 1.82) is 0 Å². The Labute approximate surface area is 173 Å². The predicted molar refractivity (Wildman–Crippen MR) is 111 cm³/mol. The van der Waals surface area contributed by atoms with Crippen molar-refractivity contribution in [2.45, 2.75) is 26.4 Å². The molecule has 4 rings (SSSR count). The van der Waals surface area contributed by atoms with Crippen LogP contribution in [0.3, 0.4) is 0 Å². The van der Waals surface area contributed by atoms with Gasteiger partial charge in [-0.3, -0.25) is 19.8 Å². The lowest BCUT2D eigenvalue weighted by Gasteiger charge is -2.14. The lowest BCUT2D eigenvalue weighted by molar-refractivity contribution is -0.134. The van der Waals surface area contributed by atoms with Gasteiger partial charge in [0.1, 0.15) is 12.4 Å². The Hall–Kier alpha value is -3.45. The van der Waals surface area contributed by atoms with E-state index in [-0.39, 0.29) is 0 Å². The van der Waals surface area contributed by atoms with E-state index in [1.54, 1.807) is 5.48 Å². The fourth-order valence-corrected chi connectivity index (χ4v) is 4.02. The van der Waals surface area contributed by atoms with E-state index in [2.05, 4.69) is 4.98 Å². The zero-order valence-electron chi connectivity index (χ0n) is 16.6. The smallest absolute Gasteiger partial charge is 0.247 e. The second-order valence-corrected chi connectivity index (χ2v) is 7.80. The summed E-state index contributed by atoms with van der Waals surface area (Å²) in [5, 5.41) is 9.89. The van der Waals surface area contributed by atoms with Crippen molar-refractivity contribution in [1.82, 2.24) is 10.5 Å². The molecule has 1 heterocycles. The molecule has 0 unspecified atom stereocenters. The number of ether oxygens (including phenoxy) is 1. The topological polar surface area (TPSA) is 115 Å². The Morgan fingerprint density at radius 1 is 1.23 bits per heavy atom. The van der Waals surface area contributed by atoms with Crippen molar-refractivity contribution >= 4 is 22.7 Å². The van der Waals surface area contributed by atoms with Gasteiger partial charge in [0, 0.05) is 16.6 Å². The highest BCUT2D eigenvalue weighted by Crippen LogP contribution is 2.54. The predicted octanol–water partition coefficient (Wildman–Crippen LogP) is 2.66. The standard InChI is InChI=1S/C23H23N3O4/c1-14-10-16(18-4-2-3-5-20(18)25-14)13-30-17-8-6-15(7-9-17)11-23(22(24)28)12-19(23)21(27)26-29/h2-10,19,29H,11-13H2,1H3,(H2,24,28)(H,26,27)/t19-,23+/m0/s1. The molecule has 7 nitrogen and oxygen atoms in total. The maximum Gasteiger partial charge on any atom is 0.247 e. The highest BCUT2D eigenvalue weighted by atomic mass is 16.5. The van der Waals surface area contributed by atoms with Gasteiger partial charge in [-0.15, -0.1) is 0 Å². The minimum atomic E-state index is -0.942. The quantitative estimate of drug-likeness (QED) is 0.413. The number of hydrogen-bond acceptors (Lipinski definition) is 5. The van der Waals surface area contributed by atoms with Crippen LogP contribution in [-0.2, 0) is 22.6 Å². The van der Waals surface area contributed by atoms with Gasteiger partial charge in [-0.25, -0.2) is 5.48 Å².